The zero-order valence-corrected chi connectivity index (χ0v) is 15.4. The van der Waals surface area contributed by atoms with Crippen molar-refractivity contribution in [1.82, 2.24) is 19.9 Å². The van der Waals surface area contributed by atoms with Crippen LogP contribution in [0, 0.1) is 3.57 Å². The van der Waals surface area contributed by atoms with Gasteiger partial charge in [-0.15, -0.1) is 22.7 Å². The van der Waals surface area contributed by atoms with E-state index in [0.717, 1.165) is 24.0 Å². The number of thiophene rings is 2. The number of aromatic nitrogens is 4. The summed E-state index contributed by atoms with van der Waals surface area (Å²) in [6.07, 6.45) is 3.48. The van der Waals surface area contributed by atoms with Crippen molar-refractivity contribution in [2.24, 2.45) is 0 Å². The SMILES string of the molecule is Clc1ncc2scc(I)c2n1.Clc1ncc2sccc2n1. The Labute approximate surface area is 151 Å². The van der Waals surface area contributed by atoms with Gasteiger partial charge in [-0.05, 0) is 57.2 Å². The Hall–Kier alpha value is -0.610. The highest BCUT2D eigenvalue weighted by Gasteiger charge is 2.03. The average Bonchev–Trinajstić information content (AvgIpc) is 3.06. The summed E-state index contributed by atoms with van der Waals surface area (Å²) in [5.74, 6) is 0. The molecule has 0 radical (unpaired) electrons. The molecule has 0 spiro atoms. The monoisotopic (exact) mass is 466 g/mol. The molecule has 0 aromatic carbocycles. The van der Waals surface area contributed by atoms with Crippen molar-refractivity contribution >= 4 is 88.9 Å². The lowest BCUT2D eigenvalue weighted by molar-refractivity contribution is 1.23. The van der Waals surface area contributed by atoms with Gasteiger partial charge in [0, 0.05) is 17.8 Å². The van der Waals surface area contributed by atoms with Crippen molar-refractivity contribution in [3.8, 4) is 0 Å². The van der Waals surface area contributed by atoms with Crippen molar-refractivity contribution in [2.45, 2.75) is 0 Å². The van der Waals surface area contributed by atoms with Crippen molar-refractivity contribution < 1.29 is 0 Å². The van der Waals surface area contributed by atoms with Gasteiger partial charge in [0.2, 0.25) is 10.6 Å². The van der Waals surface area contributed by atoms with Gasteiger partial charge in [0.25, 0.3) is 0 Å². The van der Waals surface area contributed by atoms with Crippen LogP contribution in [0.2, 0.25) is 10.6 Å². The fraction of sp³-hybridized carbons (Fsp3) is 0. The van der Waals surface area contributed by atoms with Crippen LogP contribution >= 0.6 is 68.5 Å². The summed E-state index contributed by atoms with van der Waals surface area (Å²) in [6.45, 7) is 0. The first kappa shape index (κ1) is 15.3. The van der Waals surface area contributed by atoms with Gasteiger partial charge in [-0.25, -0.2) is 19.9 Å². The molecule has 4 rings (SSSR count). The molecule has 0 amide bonds. The molecule has 21 heavy (non-hydrogen) atoms. The van der Waals surface area contributed by atoms with Crippen molar-refractivity contribution in [2.75, 3.05) is 0 Å². The topological polar surface area (TPSA) is 51.6 Å². The predicted octanol–water partition coefficient (Wildman–Crippen LogP) is 5.29. The Balaban J connectivity index is 0.000000126. The molecule has 0 unspecified atom stereocenters. The van der Waals surface area contributed by atoms with Crippen LogP contribution in [0.4, 0.5) is 0 Å². The summed E-state index contributed by atoms with van der Waals surface area (Å²) in [6, 6.07) is 1.92. The van der Waals surface area contributed by atoms with Crippen LogP contribution in [0.1, 0.15) is 0 Å². The maximum Gasteiger partial charge on any atom is 0.222 e. The highest BCUT2D eigenvalue weighted by molar-refractivity contribution is 14.1. The second-order valence-corrected chi connectivity index (χ2v) is 7.44. The van der Waals surface area contributed by atoms with Gasteiger partial charge in [-0.1, -0.05) is 0 Å². The molecule has 0 aliphatic rings. The van der Waals surface area contributed by atoms with E-state index in [4.69, 9.17) is 23.2 Å². The molecule has 0 atom stereocenters. The standard InChI is InChI=1S/C6H2ClIN2S.C6H3ClN2S/c7-6-9-1-4-5(10-6)3(8)2-11-4;7-6-8-3-5-4(9-6)1-2-10-5/h1-2H;1-3H. The molecule has 0 saturated carbocycles. The smallest absolute Gasteiger partial charge is 0.222 e. The van der Waals surface area contributed by atoms with E-state index in [-0.39, 0.29) is 0 Å². The van der Waals surface area contributed by atoms with Gasteiger partial charge in [0.15, 0.2) is 0 Å². The van der Waals surface area contributed by atoms with Crippen molar-refractivity contribution in [3.05, 3.63) is 43.4 Å². The fourth-order valence-electron chi connectivity index (χ4n) is 1.52. The molecule has 0 N–H and O–H groups in total. The molecular weight excluding hydrogens is 462 g/mol. The van der Waals surface area contributed by atoms with E-state index in [9.17, 15) is 0 Å². The third-order valence-electron chi connectivity index (χ3n) is 2.42. The van der Waals surface area contributed by atoms with Crippen LogP contribution in [-0.4, -0.2) is 19.9 Å². The Bertz CT molecular complexity index is 908. The third-order valence-corrected chi connectivity index (χ3v) is 5.77. The molecule has 0 fully saturated rings. The first-order chi connectivity index (χ1) is 10.1. The minimum atomic E-state index is 0.311. The van der Waals surface area contributed by atoms with E-state index < -0.39 is 0 Å². The summed E-state index contributed by atoms with van der Waals surface area (Å²) < 4.78 is 3.29. The lowest BCUT2D eigenvalue weighted by Gasteiger charge is -1.88. The summed E-state index contributed by atoms with van der Waals surface area (Å²) >= 11 is 16.7. The first-order valence-electron chi connectivity index (χ1n) is 5.54. The van der Waals surface area contributed by atoms with Gasteiger partial charge >= 0.3 is 0 Å². The van der Waals surface area contributed by atoms with E-state index in [0.29, 0.717) is 10.6 Å². The molecule has 4 aromatic rings. The zero-order chi connectivity index (χ0) is 14.8. The minimum absolute atomic E-state index is 0.311. The number of hydrogen-bond acceptors (Lipinski definition) is 6. The number of hydrogen-bond donors (Lipinski definition) is 0. The molecule has 0 aliphatic heterocycles. The first-order valence-corrected chi connectivity index (χ1v) is 9.14. The number of fused-ring (bicyclic) bond motifs is 2. The molecular formula is C12H5Cl2IN4S2. The largest absolute Gasteiger partial charge is 0.225 e. The van der Waals surface area contributed by atoms with Crippen molar-refractivity contribution in [3.63, 3.8) is 0 Å². The molecule has 106 valence electrons. The second-order valence-electron chi connectivity index (χ2n) is 3.74. The molecule has 9 heteroatoms. The molecule has 4 nitrogen and oxygen atoms in total. The van der Waals surface area contributed by atoms with E-state index >= 15 is 0 Å². The lowest BCUT2D eigenvalue weighted by Crippen LogP contribution is -1.80. The van der Waals surface area contributed by atoms with Crippen LogP contribution in [0.3, 0.4) is 0 Å². The summed E-state index contributed by atoms with van der Waals surface area (Å²) in [5.41, 5.74) is 1.88. The average molecular weight is 467 g/mol. The van der Waals surface area contributed by atoms with E-state index in [1.54, 1.807) is 35.1 Å². The van der Waals surface area contributed by atoms with Gasteiger partial charge in [-0.2, -0.15) is 0 Å². The summed E-state index contributed by atoms with van der Waals surface area (Å²) in [4.78, 5) is 15.8. The molecule has 4 heterocycles. The maximum atomic E-state index is 5.63. The molecule has 4 aromatic heterocycles. The van der Waals surface area contributed by atoms with Crippen LogP contribution in [0.15, 0.2) is 29.2 Å². The number of rotatable bonds is 0. The lowest BCUT2D eigenvalue weighted by atomic mass is 10.5. The number of nitrogens with zero attached hydrogens (tertiary/aromatic N) is 4. The predicted molar refractivity (Wildman–Crippen MR) is 97.6 cm³/mol. The number of halogens is 3. The zero-order valence-electron chi connectivity index (χ0n) is 10.1. The van der Waals surface area contributed by atoms with Gasteiger partial charge in [0.1, 0.15) is 0 Å². The normalized spacial score (nSPS) is 10.6. The Morgan fingerprint density at radius 3 is 2.48 bits per heavy atom. The highest BCUT2D eigenvalue weighted by atomic mass is 127. The van der Waals surface area contributed by atoms with Crippen molar-refractivity contribution in [1.29, 1.82) is 0 Å². The Kier molecular flexibility index (Phi) is 4.85. The Morgan fingerprint density at radius 1 is 0.952 bits per heavy atom. The third kappa shape index (κ3) is 3.59. The van der Waals surface area contributed by atoms with E-state index in [1.165, 1.54) is 0 Å². The molecule has 0 bridgehead atoms. The fourth-order valence-corrected chi connectivity index (χ4v) is 4.18. The van der Waals surface area contributed by atoms with Gasteiger partial charge in [-0.3, -0.25) is 0 Å². The second kappa shape index (κ2) is 6.66. The Morgan fingerprint density at radius 2 is 1.67 bits per heavy atom. The molecule has 0 saturated heterocycles. The van der Waals surface area contributed by atoms with E-state index in [2.05, 4.69) is 42.5 Å². The summed E-state index contributed by atoms with van der Waals surface area (Å²) in [5, 5.41) is 4.63. The van der Waals surface area contributed by atoms with Gasteiger partial charge in [0.05, 0.1) is 24.0 Å². The molecule has 0 aliphatic carbocycles. The quantitative estimate of drug-likeness (QED) is 0.261. The highest BCUT2D eigenvalue weighted by Crippen LogP contribution is 2.25. The van der Waals surface area contributed by atoms with Crippen LogP contribution in [-0.2, 0) is 0 Å². The van der Waals surface area contributed by atoms with Gasteiger partial charge < -0.3 is 0 Å². The minimum Gasteiger partial charge on any atom is -0.225 e. The van der Waals surface area contributed by atoms with Crippen LogP contribution < -0.4 is 0 Å². The summed E-state index contributed by atoms with van der Waals surface area (Å²) in [7, 11) is 0. The van der Waals surface area contributed by atoms with Crippen LogP contribution in [0.25, 0.3) is 20.4 Å². The maximum absolute atomic E-state index is 5.63. The van der Waals surface area contributed by atoms with Crippen LogP contribution in [0.5, 0.6) is 0 Å². The van der Waals surface area contributed by atoms with E-state index in [1.807, 2.05) is 16.8 Å².